The summed E-state index contributed by atoms with van der Waals surface area (Å²) in [7, 11) is 0. The normalized spacial score (nSPS) is 22.6. The molecule has 2 amide bonds. The Balaban J connectivity index is 1.67. The van der Waals surface area contributed by atoms with Gasteiger partial charge in [-0.3, -0.25) is 14.5 Å². The van der Waals surface area contributed by atoms with E-state index < -0.39 is 0 Å². The Labute approximate surface area is 117 Å². The minimum Gasteiger partial charge on any atom is -0.379 e. The van der Waals surface area contributed by atoms with Crippen LogP contribution >= 0.6 is 11.8 Å². The first-order valence-corrected chi connectivity index (χ1v) is 7.65. The predicted molar refractivity (Wildman–Crippen MR) is 74.3 cm³/mol. The molecule has 1 unspecified atom stereocenters. The monoisotopic (exact) mass is 287 g/mol. The average Bonchev–Trinajstić information content (AvgIpc) is 2.76. The summed E-state index contributed by atoms with van der Waals surface area (Å²) in [6.07, 6.45) is 0. The summed E-state index contributed by atoms with van der Waals surface area (Å²) in [5, 5.41) is 2.96. The van der Waals surface area contributed by atoms with Crippen LogP contribution in [0.1, 0.15) is 6.92 Å². The molecule has 0 radical (unpaired) electrons. The van der Waals surface area contributed by atoms with Crippen LogP contribution in [0, 0.1) is 0 Å². The third-order valence-electron chi connectivity index (χ3n) is 3.22. The number of thioether (sulfide) groups is 1. The number of morpholine rings is 1. The van der Waals surface area contributed by atoms with E-state index in [4.69, 9.17) is 4.74 Å². The fraction of sp³-hybridized carbons (Fsp3) is 0.833. The average molecular weight is 287 g/mol. The molecule has 7 heteroatoms. The number of nitrogens with zero attached hydrogens (tertiary/aromatic N) is 2. The van der Waals surface area contributed by atoms with Gasteiger partial charge in [0.05, 0.1) is 13.2 Å². The van der Waals surface area contributed by atoms with Crippen molar-refractivity contribution in [1.29, 1.82) is 0 Å². The third kappa shape index (κ3) is 4.67. The van der Waals surface area contributed by atoms with E-state index in [0.717, 1.165) is 38.6 Å². The van der Waals surface area contributed by atoms with Gasteiger partial charge in [-0.25, -0.2) is 0 Å². The molecule has 0 spiro atoms. The molecule has 2 heterocycles. The molecule has 2 aliphatic heterocycles. The van der Waals surface area contributed by atoms with Crippen molar-refractivity contribution in [3.63, 3.8) is 0 Å². The minimum absolute atomic E-state index is 0.0102. The van der Waals surface area contributed by atoms with Gasteiger partial charge in [0.15, 0.2) is 0 Å². The molecule has 108 valence electrons. The summed E-state index contributed by atoms with van der Waals surface area (Å²) in [4.78, 5) is 27.1. The van der Waals surface area contributed by atoms with Crippen LogP contribution in [0.3, 0.4) is 0 Å². The lowest BCUT2D eigenvalue weighted by Gasteiger charge is -2.29. The molecule has 0 aromatic carbocycles. The van der Waals surface area contributed by atoms with Crippen LogP contribution in [-0.4, -0.2) is 78.7 Å². The lowest BCUT2D eigenvalue weighted by atomic mass is 10.3. The first-order valence-electron chi connectivity index (χ1n) is 6.66. The molecule has 0 aromatic rings. The maximum atomic E-state index is 11.8. The first kappa shape index (κ1) is 14.6. The molecule has 2 saturated heterocycles. The van der Waals surface area contributed by atoms with Gasteiger partial charge in [0.1, 0.15) is 6.54 Å². The SMILES string of the molecule is CC(CN1CCOCC1)NC(=O)CN1CCSC1=O. The second-order valence-corrected chi connectivity index (χ2v) is 5.96. The summed E-state index contributed by atoms with van der Waals surface area (Å²) in [5.41, 5.74) is 0. The van der Waals surface area contributed by atoms with Crippen LogP contribution in [0.15, 0.2) is 0 Å². The van der Waals surface area contributed by atoms with Crippen LogP contribution in [0.2, 0.25) is 0 Å². The van der Waals surface area contributed by atoms with Gasteiger partial charge in [-0.15, -0.1) is 0 Å². The van der Waals surface area contributed by atoms with Crippen molar-refractivity contribution in [3.8, 4) is 0 Å². The maximum absolute atomic E-state index is 11.8. The zero-order chi connectivity index (χ0) is 13.7. The molecule has 0 saturated carbocycles. The molecule has 1 atom stereocenters. The van der Waals surface area contributed by atoms with Crippen LogP contribution in [0.25, 0.3) is 0 Å². The van der Waals surface area contributed by atoms with E-state index in [1.807, 2.05) is 6.92 Å². The number of amides is 2. The van der Waals surface area contributed by atoms with Gasteiger partial charge in [0, 0.05) is 38.0 Å². The fourth-order valence-corrected chi connectivity index (χ4v) is 3.10. The van der Waals surface area contributed by atoms with Gasteiger partial charge in [0.2, 0.25) is 5.91 Å². The maximum Gasteiger partial charge on any atom is 0.282 e. The first-order chi connectivity index (χ1) is 9.15. The molecule has 1 N–H and O–H groups in total. The Morgan fingerprint density at radius 2 is 2.16 bits per heavy atom. The van der Waals surface area contributed by atoms with Crippen molar-refractivity contribution < 1.29 is 14.3 Å². The third-order valence-corrected chi connectivity index (χ3v) is 4.11. The second kappa shape index (κ2) is 7.12. The van der Waals surface area contributed by atoms with E-state index in [1.165, 1.54) is 11.8 Å². The van der Waals surface area contributed by atoms with Gasteiger partial charge in [-0.05, 0) is 6.92 Å². The number of carbonyl (C=O) groups excluding carboxylic acids is 2. The van der Waals surface area contributed by atoms with E-state index in [2.05, 4.69) is 10.2 Å². The number of hydrogen-bond acceptors (Lipinski definition) is 5. The van der Waals surface area contributed by atoms with Crippen LogP contribution in [0.4, 0.5) is 4.79 Å². The Morgan fingerprint density at radius 3 is 2.79 bits per heavy atom. The largest absolute Gasteiger partial charge is 0.379 e. The Bertz CT molecular complexity index is 334. The summed E-state index contributed by atoms with van der Waals surface area (Å²) < 4.78 is 5.29. The van der Waals surface area contributed by atoms with Crippen molar-refractivity contribution in [2.45, 2.75) is 13.0 Å². The predicted octanol–water partition coefficient (Wildman–Crippen LogP) is -0.00790. The van der Waals surface area contributed by atoms with Crippen molar-refractivity contribution >= 4 is 22.9 Å². The molecule has 0 aliphatic carbocycles. The quantitative estimate of drug-likeness (QED) is 0.771. The summed E-state index contributed by atoms with van der Waals surface area (Å²) in [5.74, 6) is 0.715. The number of carbonyl (C=O) groups is 2. The molecule has 2 rings (SSSR count). The van der Waals surface area contributed by atoms with Crippen LogP contribution in [-0.2, 0) is 9.53 Å². The lowest BCUT2D eigenvalue weighted by Crippen LogP contribution is -2.48. The van der Waals surface area contributed by atoms with E-state index in [0.29, 0.717) is 6.54 Å². The summed E-state index contributed by atoms with van der Waals surface area (Å²) in [6, 6.07) is 0.0935. The highest BCUT2D eigenvalue weighted by atomic mass is 32.2. The van der Waals surface area contributed by atoms with Gasteiger partial charge in [-0.1, -0.05) is 11.8 Å². The van der Waals surface area contributed by atoms with E-state index >= 15 is 0 Å². The fourth-order valence-electron chi connectivity index (χ4n) is 2.28. The van der Waals surface area contributed by atoms with E-state index in [-0.39, 0.29) is 23.7 Å². The van der Waals surface area contributed by atoms with E-state index in [9.17, 15) is 9.59 Å². The van der Waals surface area contributed by atoms with Crippen LogP contribution in [0.5, 0.6) is 0 Å². The summed E-state index contributed by atoms with van der Waals surface area (Å²) in [6.45, 7) is 7.04. The molecule has 6 nitrogen and oxygen atoms in total. The number of nitrogens with one attached hydrogen (secondary N) is 1. The second-order valence-electron chi connectivity index (χ2n) is 4.92. The van der Waals surface area contributed by atoms with Gasteiger partial charge >= 0.3 is 0 Å². The Kier molecular flexibility index (Phi) is 5.47. The standard InChI is InChI=1S/C12H21N3O3S/c1-10(8-14-2-5-18-6-3-14)13-11(16)9-15-4-7-19-12(15)17/h10H,2-9H2,1H3,(H,13,16). The zero-order valence-corrected chi connectivity index (χ0v) is 12.1. The Hall–Kier alpha value is -0.790. The van der Waals surface area contributed by atoms with E-state index in [1.54, 1.807) is 4.90 Å². The topological polar surface area (TPSA) is 61.9 Å². The Morgan fingerprint density at radius 1 is 1.42 bits per heavy atom. The molecular formula is C12H21N3O3S. The summed E-state index contributed by atoms with van der Waals surface area (Å²) >= 11 is 1.28. The smallest absolute Gasteiger partial charge is 0.282 e. The molecule has 0 bridgehead atoms. The highest BCUT2D eigenvalue weighted by Crippen LogP contribution is 2.16. The van der Waals surface area contributed by atoms with Crippen molar-refractivity contribution in [2.75, 3.05) is 51.7 Å². The minimum atomic E-state index is -0.0726. The number of rotatable bonds is 5. The number of ether oxygens (including phenoxy) is 1. The lowest BCUT2D eigenvalue weighted by molar-refractivity contribution is -0.122. The van der Waals surface area contributed by atoms with Crippen molar-refractivity contribution in [1.82, 2.24) is 15.1 Å². The highest BCUT2D eigenvalue weighted by molar-refractivity contribution is 8.13. The van der Waals surface area contributed by atoms with Crippen molar-refractivity contribution in [3.05, 3.63) is 0 Å². The van der Waals surface area contributed by atoms with Crippen LogP contribution < -0.4 is 5.32 Å². The molecule has 2 aliphatic rings. The highest BCUT2D eigenvalue weighted by Gasteiger charge is 2.24. The van der Waals surface area contributed by atoms with Gasteiger partial charge < -0.3 is 15.0 Å². The molecular weight excluding hydrogens is 266 g/mol. The molecule has 2 fully saturated rings. The zero-order valence-electron chi connectivity index (χ0n) is 11.3. The van der Waals surface area contributed by atoms with Gasteiger partial charge in [0.25, 0.3) is 5.24 Å². The molecule has 0 aromatic heterocycles. The number of hydrogen-bond donors (Lipinski definition) is 1. The van der Waals surface area contributed by atoms with Gasteiger partial charge in [-0.2, -0.15) is 0 Å². The molecule has 19 heavy (non-hydrogen) atoms. The van der Waals surface area contributed by atoms with Crippen molar-refractivity contribution in [2.24, 2.45) is 0 Å².